The van der Waals surface area contributed by atoms with Crippen molar-refractivity contribution in [3.63, 3.8) is 0 Å². The van der Waals surface area contributed by atoms with Crippen molar-refractivity contribution in [2.45, 2.75) is 44.6 Å². The van der Waals surface area contributed by atoms with Crippen LogP contribution in [-0.2, 0) is 22.0 Å². The predicted octanol–water partition coefficient (Wildman–Crippen LogP) is 3.32. The summed E-state index contributed by atoms with van der Waals surface area (Å²) in [6, 6.07) is 14.1. The van der Waals surface area contributed by atoms with E-state index in [0.717, 1.165) is 20.8 Å². The van der Waals surface area contributed by atoms with Gasteiger partial charge in [-0.3, -0.25) is 4.79 Å². The summed E-state index contributed by atoms with van der Waals surface area (Å²) >= 11 is 0. The van der Waals surface area contributed by atoms with Gasteiger partial charge in [0, 0.05) is 24.2 Å². The molecule has 0 aliphatic heterocycles. The lowest BCUT2D eigenvalue weighted by molar-refractivity contribution is 0.251. The Balaban J connectivity index is 1.98. The quantitative estimate of drug-likeness (QED) is 0.630. The summed E-state index contributed by atoms with van der Waals surface area (Å²) in [5, 5.41) is 10.3. The molecule has 160 valence electrons. The van der Waals surface area contributed by atoms with Gasteiger partial charge in [0.05, 0.1) is 11.5 Å². The molecule has 1 aromatic heterocycles. The molecule has 7 heteroatoms. The highest BCUT2D eigenvalue weighted by atomic mass is 32.2. The number of benzene rings is 2. The van der Waals surface area contributed by atoms with Gasteiger partial charge in [-0.05, 0) is 53.6 Å². The van der Waals surface area contributed by atoms with Gasteiger partial charge in [-0.2, -0.15) is 4.31 Å². The van der Waals surface area contributed by atoms with Gasteiger partial charge in [-0.25, -0.2) is 8.42 Å². The van der Waals surface area contributed by atoms with Crippen LogP contribution >= 0.6 is 0 Å². The summed E-state index contributed by atoms with van der Waals surface area (Å²) < 4.78 is 27.6. The van der Waals surface area contributed by atoms with Crippen molar-refractivity contribution >= 4 is 20.9 Å². The fourth-order valence-corrected chi connectivity index (χ4v) is 4.76. The second-order valence-corrected chi connectivity index (χ2v) is 10.5. The van der Waals surface area contributed by atoms with Crippen LogP contribution in [0.25, 0.3) is 10.9 Å². The minimum absolute atomic E-state index is 0.0937. The SMILES string of the molecule is Cc1ccc2[nH]c(=O)c(CN(CCO)S(=O)(=O)c3ccc(C(C)(C)C)cc3)cc2c1. The number of pyridine rings is 1. The van der Waals surface area contributed by atoms with Crippen LogP contribution in [0, 0.1) is 6.92 Å². The molecule has 30 heavy (non-hydrogen) atoms. The van der Waals surface area contributed by atoms with Crippen molar-refractivity contribution in [2.24, 2.45) is 0 Å². The third kappa shape index (κ3) is 4.64. The molecule has 3 rings (SSSR count). The number of hydrogen-bond donors (Lipinski definition) is 2. The van der Waals surface area contributed by atoms with E-state index >= 15 is 0 Å². The zero-order chi connectivity index (χ0) is 22.1. The van der Waals surface area contributed by atoms with Gasteiger partial charge in [0.2, 0.25) is 10.0 Å². The summed E-state index contributed by atoms with van der Waals surface area (Å²) in [6.07, 6.45) is 0. The lowest BCUT2D eigenvalue weighted by Crippen LogP contribution is -2.35. The smallest absolute Gasteiger partial charge is 0.252 e. The summed E-state index contributed by atoms with van der Waals surface area (Å²) in [6.45, 7) is 7.56. The molecule has 0 radical (unpaired) electrons. The van der Waals surface area contributed by atoms with E-state index < -0.39 is 10.0 Å². The Morgan fingerprint density at radius 3 is 2.30 bits per heavy atom. The Morgan fingerprint density at radius 2 is 1.70 bits per heavy atom. The number of sulfonamides is 1. The molecule has 0 saturated heterocycles. The average molecular weight is 429 g/mol. The van der Waals surface area contributed by atoms with Crippen LogP contribution in [0.1, 0.15) is 37.5 Å². The third-order valence-corrected chi connectivity index (χ3v) is 6.99. The number of nitrogens with zero attached hydrogens (tertiary/aromatic N) is 1. The first kappa shape index (κ1) is 22.2. The van der Waals surface area contributed by atoms with Crippen molar-refractivity contribution < 1.29 is 13.5 Å². The first-order chi connectivity index (χ1) is 14.0. The minimum Gasteiger partial charge on any atom is -0.395 e. The van der Waals surface area contributed by atoms with Crippen molar-refractivity contribution in [1.29, 1.82) is 0 Å². The number of H-pyrrole nitrogens is 1. The summed E-state index contributed by atoms with van der Waals surface area (Å²) in [5.74, 6) is 0. The number of fused-ring (bicyclic) bond motifs is 1. The molecule has 0 fully saturated rings. The molecule has 0 amide bonds. The standard InChI is InChI=1S/C23H28N2O4S/c1-16-5-10-21-17(13-16)14-18(22(27)24-21)15-25(11-12-26)30(28,29)20-8-6-19(7-9-20)23(2,3)4/h5-10,13-14,26H,11-12,15H2,1-4H3,(H,24,27). The van der Waals surface area contributed by atoms with Crippen molar-refractivity contribution in [3.8, 4) is 0 Å². The predicted molar refractivity (Wildman–Crippen MR) is 119 cm³/mol. The molecule has 0 spiro atoms. The third-order valence-electron chi connectivity index (χ3n) is 5.13. The first-order valence-corrected chi connectivity index (χ1v) is 11.3. The second-order valence-electron chi connectivity index (χ2n) is 8.55. The van der Waals surface area contributed by atoms with Gasteiger partial charge in [0.1, 0.15) is 0 Å². The monoisotopic (exact) mass is 428 g/mol. The molecule has 1 heterocycles. The van der Waals surface area contributed by atoms with Crippen LogP contribution in [0.5, 0.6) is 0 Å². The molecule has 3 aromatic rings. The largest absolute Gasteiger partial charge is 0.395 e. The number of rotatable bonds is 6. The van der Waals surface area contributed by atoms with E-state index in [2.05, 4.69) is 25.8 Å². The van der Waals surface area contributed by atoms with Crippen LogP contribution in [0.2, 0.25) is 0 Å². The number of aromatic amines is 1. The maximum absolute atomic E-state index is 13.2. The van der Waals surface area contributed by atoms with Crippen molar-refractivity contribution in [3.05, 3.63) is 75.6 Å². The molecule has 0 bridgehead atoms. The Hall–Kier alpha value is -2.48. The zero-order valence-corrected chi connectivity index (χ0v) is 18.6. The fourth-order valence-electron chi connectivity index (χ4n) is 3.35. The molecule has 0 aliphatic rings. The van der Waals surface area contributed by atoms with Crippen molar-refractivity contribution in [2.75, 3.05) is 13.2 Å². The minimum atomic E-state index is -3.88. The van der Waals surface area contributed by atoms with Crippen LogP contribution in [0.15, 0.2) is 58.2 Å². The zero-order valence-electron chi connectivity index (χ0n) is 17.8. The topological polar surface area (TPSA) is 90.5 Å². The summed E-state index contributed by atoms with van der Waals surface area (Å²) in [5.41, 5.74) is 2.66. The Bertz CT molecular complexity index is 1210. The maximum Gasteiger partial charge on any atom is 0.252 e. The average Bonchev–Trinajstić information content (AvgIpc) is 2.68. The van der Waals surface area contributed by atoms with E-state index in [9.17, 15) is 18.3 Å². The number of hydrogen-bond acceptors (Lipinski definition) is 4. The molecular formula is C23H28N2O4S. The second kappa shape index (κ2) is 8.34. The lowest BCUT2D eigenvalue weighted by atomic mass is 9.87. The normalized spacial score (nSPS) is 12.6. The maximum atomic E-state index is 13.2. The van der Waals surface area contributed by atoms with Gasteiger partial charge in [-0.1, -0.05) is 44.5 Å². The molecule has 0 unspecified atom stereocenters. The Labute approximate surface area is 177 Å². The fraction of sp³-hybridized carbons (Fsp3) is 0.348. The molecule has 0 aliphatic carbocycles. The van der Waals surface area contributed by atoms with E-state index in [1.54, 1.807) is 30.3 Å². The lowest BCUT2D eigenvalue weighted by Gasteiger charge is -2.23. The summed E-state index contributed by atoms with van der Waals surface area (Å²) in [7, 11) is -3.88. The van der Waals surface area contributed by atoms with E-state index in [4.69, 9.17) is 0 Å². The van der Waals surface area contributed by atoms with Gasteiger partial charge >= 0.3 is 0 Å². The molecule has 2 aromatic carbocycles. The van der Waals surface area contributed by atoms with Gasteiger partial charge in [-0.15, -0.1) is 0 Å². The summed E-state index contributed by atoms with van der Waals surface area (Å²) in [4.78, 5) is 15.5. The van der Waals surface area contributed by atoms with E-state index in [1.807, 2.05) is 25.1 Å². The first-order valence-electron chi connectivity index (χ1n) is 9.86. The van der Waals surface area contributed by atoms with E-state index in [-0.39, 0.29) is 35.6 Å². The molecule has 2 N–H and O–H groups in total. The number of nitrogens with one attached hydrogen (secondary N) is 1. The number of aryl methyl sites for hydroxylation is 1. The highest BCUT2D eigenvalue weighted by Gasteiger charge is 2.26. The van der Waals surface area contributed by atoms with E-state index in [1.165, 1.54) is 0 Å². The molecule has 0 saturated carbocycles. The highest BCUT2D eigenvalue weighted by molar-refractivity contribution is 7.89. The van der Waals surface area contributed by atoms with Gasteiger partial charge < -0.3 is 10.1 Å². The number of aromatic nitrogens is 1. The molecule has 6 nitrogen and oxygen atoms in total. The van der Waals surface area contributed by atoms with Crippen LogP contribution in [0.3, 0.4) is 0 Å². The van der Waals surface area contributed by atoms with Gasteiger partial charge in [0.15, 0.2) is 0 Å². The van der Waals surface area contributed by atoms with Crippen LogP contribution in [0.4, 0.5) is 0 Å². The highest BCUT2D eigenvalue weighted by Crippen LogP contribution is 2.25. The number of aliphatic hydroxyl groups excluding tert-OH is 1. The van der Waals surface area contributed by atoms with Crippen LogP contribution < -0.4 is 5.56 Å². The van der Waals surface area contributed by atoms with E-state index in [0.29, 0.717) is 11.1 Å². The Kier molecular flexibility index (Phi) is 6.17. The Morgan fingerprint density at radius 1 is 1.03 bits per heavy atom. The molecular weight excluding hydrogens is 400 g/mol. The van der Waals surface area contributed by atoms with Gasteiger partial charge in [0.25, 0.3) is 5.56 Å². The number of aliphatic hydroxyl groups is 1. The van der Waals surface area contributed by atoms with Crippen LogP contribution in [-0.4, -0.2) is 36.0 Å². The van der Waals surface area contributed by atoms with Crippen molar-refractivity contribution in [1.82, 2.24) is 9.29 Å². The molecule has 0 atom stereocenters.